The summed E-state index contributed by atoms with van der Waals surface area (Å²) in [5, 5.41) is 4.14. The van der Waals surface area contributed by atoms with Gasteiger partial charge in [-0.25, -0.2) is 5.43 Å². The summed E-state index contributed by atoms with van der Waals surface area (Å²) in [6.07, 6.45) is 17.0. The van der Waals surface area contributed by atoms with Crippen LogP contribution in [0, 0.1) is 17.8 Å². The highest BCUT2D eigenvalue weighted by Gasteiger charge is 2.34. The second-order valence-electron chi connectivity index (χ2n) is 6.28. The van der Waals surface area contributed by atoms with Gasteiger partial charge in [-0.05, 0) is 31.1 Å². The van der Waals surface area contributed by atoms with Crippen molar-refractivity contribution in [3.8, 4) is 0 Å². The van der Waals surface area contributed by atoms with Crippen LogP contribution in [0.3, 0.4) is 0 Å². The maximum atomic E-state index is 11.6. The highest BCUT2D eigenvalue weighted by Crippen LogP contribution is 2.42. The molecule has 0 spiro atoms. The minimum atomic E-state index is 0.0652. The Morgan fingerprint density at radius 2 is 2.00 bits per heavy atom. The highest BCUT2D eigenvalue weighted by molar-refractivity contribution is 5.77. The maximum Gasteiger partial charge on any atom is 0.240 e. The van der Waals surface area contributed by atoms with Crippen molar-refractivity contribution in [1.82, 2.24) is 5.43 Å². The zero-order valence-electron chi connectivity index (χ0n) is 12.7. The minimum Gasteiger partial charge on any atom is -0.273 e. The molecule has 0 radical (unpaired) electrons. The van der Waals surface area contributed by atoms with Crippen molar-refractivity contribution in [2.24, 2.45) is 22.9 Å². The number of amides is 1. The molecule has 2 aliphatic rings. The lowest BCUT2D eigenvalue weighted by atomic mass is 9.95. The molecule has 20 heavy (non-hydrogen) atoms. The number of carbonyl (C=O) groups is 1. The van der Waals surface area contributed by atoms with Gasteiger partial charge in [0, 0.05) is 18.6 Å². The third-order valence-corrected chi connectivity index (χ3v) is 4.54. The molecular formula is C17H28N2O. The molecule has 3 nitrogen and oxygen atoms in total. The third-order valence-electron chi connectivity index (χ3n) is 4.54. The van der Waals surface area contributed by atoms with Gasteiger partial charge in [0.15, 0.2) is 0 Å². The summed E-state index contributed by atoms with van der Waals surface area (Å²) in [6.45, 7) is 2.22. The molecule has 3 heteroatoms. The van der Waals surface area contributed by atoms with Gasteiger partial charge < -0.3 is 0 Å². The third kappa shape index (κ3) is 4.77. The number of hydrogen-bond donors (Lipinski definition) is 1. The Kier molecular flexibility index (Phi) is 6.28. The van der Waals surface area contributed by atoms with Gasteiger partial charge in [0.1, 0.15) is 0 Å². The average molecular weight is 276 g/mol. The first-order chi connectivity index (χ1) is 9.79. The molecule has 112 valence electrons. The van der Waals surface area contributed by atoms with E-state index in [1.54, 1.807) is 0 Å². The van der Waals surface area contributed by atoms with E-state index in [-0.39, 0.29) is 5.91 Å². The van der Waals surface area contributed by atoms with Gasteiger partial charge in [0.25, 0.3) is 0 Å². The summed E-state index contributed by atoms with van der Waals surface area (Å²) in [7, 11) is 0. The number of allylic oxidation sites excluding steroid dienone is 2. The van der Waals surface area contributed by atoms with Crippen LogP contribution in [0.25, 0.3) is 0 Å². The zero-order valence-corrected chi connectivity index (χ0v) is 12.7. The normalized spacial score (nSPS) is 27.6. The Hall–Kier alpha value is -1.12. The predicted octanol–water partition coefficient (Wildman–Crippen LogP) is 4.05. The quantitative estimate of drug-likeness (QED) is 0.293. The predicted molar refractivity (Wildman–Crippen MR) is 83.5 cm³/mol. The van der Waals surface area contributed by atoms with E-state index < -0.39 is 0 Å². The molecule has 1 fully saturated rings. The Morgan fingerprint density at radius 3 is 2.70 bits per heavy atom. The van der Waals surface area contributed by atoms with Gasteiger partial charge in [-0.3, -0.25) is 4.79 Å². The zero-order chi connectivity index (χ0) is 14.2. The van der Waals surface area contributed by atoms with Gasteiger partial charge in [0.05, 0.1) is 0 Å². The fraction of sp³-hybridized carbons (Fsp3) is 0.765. The van der Waals surface area contributed by atoms with Crippen LogP contribution >= 0.6 is 0 Å². The number of fused-ring (bicyclic) bond motifs is 2. The van der Waals surface area contributed by atoms with E-state index in [1.807, 2.05) is 6.21 Å². The van der Waals surface area contributed by atoms with Crippen molar-refractivity contribution in [2.45, 2.75) is 64.7 Å². The maximum absolute atomic E-state index is 11.6. The fourth-order valence-corrected chi connectivity index (χ4v) is 3.32. The number of hydrazone groups is 1. The van der Waals surface area contributed by atoms with Crippen molar-refractivity contribution in [3.05, 3.63) is 12.2 Å². The van der Waals surface area contributed by atoms with Crippen molar-refractivity contribution in [3.63, 3.8) is 0 Å². The number of hydrogen-bond acceptors (Lipinski definition) is 2. The van der Waals surface area contributed by atoms with E-state index in [9.17, 15) is 4.79 Å². The molecule has 1 saturated carbocycles. The first-order valence-corrected chi connectivity index (χ1v) is 8.30. The van der Waals surface area contributed by atoms with E-state index in [4.69, 9.17) is 0 Å². The lowest BCUT2D eigenvalue weighted by molar-refractivity contribution is -0.121. The number of nitrogens with zero attached hydrogens (tertiary/aromatic N) is 1. The van der Waals surface area contributed by atoms with E-state index >= 15 is 0 Å². The molecule has 0 aromatic heterocycles. The summed E-state index contributed by atoms with van der Waals surface area (Å²) in [6, 6.07) is 0. The lowest BCUT2D eigenvalue weighted by Gasteiger charge is -2.11. The van der Waals surface area contributed by atoms with Crippen LogP contribution < -0.4 is 5.43 Å². The molecular weight excluding hydrogens is 248 g/mol. The Bertz CT molecular complexity index is 362. The second-order valence-corrected chi connectivity index (χ2v) is 6.28. The summed E-state index contributed by atoms with van der Waals surface area (Å²) in [5.74, 6) is 2.03. The standard InChI is InChI=1S/C17H28N2O/c1-2-3-4-5-6-7-8-17(20)19-18-13-16-12-14-9-10-15(16)11-14/h9-10,13-16H,2-8,11-12H2,1H3,(H,19,20). The van der Waals surface area contributed by atoms with E-state index in [2.05, 4.69) is 29.6 Å². The lowest BCUT2D eigenvalue weighted by Crippen LogP contribution is -2.19. The Balaban J connectivity index is 1.51. The molecule has 0 aromatic rings. The Labute approximate surface area is 122 Å². The molecule has 0 aromatic carbocycles. The second kappa shape index (κ2) is 8.23. The first-order valence-electron chi connectivity index (χ1n) is 8.30. The van der Waals surface area contributed by atoms with Crippen LogP contribution in [0.15, 0.2) is 17.3 Å². The molecule has 1 N–H and O–H groups in total. The highest BCUT2D eigenvalue weighted by atomic mass is 16.2. The monoisotopic (exact) mass is 276 g/mol. The van der Waals surface area contributed by atoms with Crippen molar-refractivity contribution in [2.75, 3.05) is 0 Å². The van der Waals surface area contributed by atoms with Crippen molar-refractivity contribution < 1.29 is 4.79 Å². The summed E-state index contributed by atoms with van der Waals surface area (Å²) in [5.41, 5.74) is 2.68. The number of carbonyl (C=O) groups excluding carboxylic acids is 1. The van der Waals surface area contributed by atoms with E-state index in [1.165, 1.54) is 38.5 Å². The van der Waals surface area contributed by atoms with Crippen LogP contribution in [0.5, 0.6) is 0 Å². The molecule has 0 saturated heterocycles. The average Bonchev–Trinajstić information content (AvgIpc) is 3.05. The van der Waals surface area contributed by atoms with Crippen LogP contribution in [0.2, 0.25) is 0 Å². The largest absolute Gasteiger partial charge is 0.273 e. The molecule has 3 unspecified atom stereocenters. The molecule has 0 aliphatic heterocycles. The minimum absolute atomic E-state index is 0.0652. The molecule has 2 bridgehead atoms. The van der Waals surface area contributed by atoms with Gasteiger partial charge in [-0.15, -0.1) is 0 Å². The molecule has 2 rings (SSSR count). The van der Waals surface area contributed by atoms with Crippen molar-refractivity contribution in [1.29, 1.82) is 0 Å². The summed E-state index contributed by atoms with van der Waals surface area (Å²) in [4.78, 5) is 11.6. The number of unbranched alkanes of at least 4 members (excludes halogenated alkanes) is 5. The molecule has 1 amide bonds. The topological polar surface area (TPSA) is 41.5 Å². The summed E-state index contributed by atoms with van der Waals surface area (Å²) >= 11 is 0. The van der Waals surface area contributed by atoms with E-state index in [0.29, 0.717) is 18.3 Å². The first kappa shape index (κ1) is 15.3. The Morgan fingerprint density at radius 1 is 1.20 bits per heavy atom. The van der Waals surface area contributed by atoms with Crippen molar-refractivity contribution >= 4 is 12.1 Å². The fourth-order valence-electron chi connectivity index (χ4n) is 3.32. The molecule has 0 heterocycles. The van der Waals surface area contributed by atoms with Crippen LogP contribution in [0.4, 0.5) is 0 Å². The van der Waals surface area contributed by atoms with Crippen LogP contribution in [-0.4, -0.2) is 12.1 Å². The van der Waals surface area contributed by atoms with Crippen LogP contribution in [-0.2, 0) is 4.79 Å². The summed E-state index contributed by atoms with van der Waals surface area (Å²) < 4.78 is 0. The SMILES string of the molecule is CCCCCCCCC(=O)NN=CC1CC2C=CC1C2. The van der Waals surface area contributed by atoms with Gasteiger partial charge in [-0.2, -0.15) is 5.10 Å². The van der Waals surface area contributed by atoms with Gasteiger partial charge >= 0.3 is 0 Å². The number of rotatable bonds is 9. The van der Waals surface area contributed by atoms with Gasteiger partial charge in [0.2, 0.25) is 5.91 Å². The molecule has 3 atom stereocenters. The number of nitrogens with one attached hydrogen (secondary N) is 1. The van der Waals surface area contributed by atoms with Crippen LogP contribution in [0.1, 0.15) is 64.7 Å². The smallest absolute Gasteiger partial charge is 0.240 e. The van der Waals surface area contributed by atoms with E-state index in [0.717, 1.165) is 18.8 Å². The molecule has 2 aliphatic carbocycles. The van der Waals surface area contributed by atoms with Gasteiger partial charge in [-0.1, -0.05) is 51.2 Å².